The zero-order valence-corrected chi connectivity index (χ0v) is 18.2. The summed E-state index contributed by atoms with van der Waals surface area (Å²) in [5.74, 6) is -1.33. The quantitative estimate of drug-likeness (QED) is 0.275. The van der Waals surface area contributed by atoms with E-state index in [9.17, 15) is 19.1 Å². The standard InChI is InChI=1S/C25H28FNO4/c1-4-6-7-14-27-22(17-8-11-19(26)12-9-17)21(24(29)25(27)30)23(28)18-10-13-20(31-5-2)16(3)15-18/h8-13,15,22,28H,4-7,14H2,1-3H3/b23-21-. The Hall–Kier alpha value is -3.15. The molecule has 1 atom stereocenters. The Kier molecular flexibility index (Phi) is 7.10. The van der Waals surface area contributed by atoms with Crippen LogP contribution in [-0.4, -0.2) is 34.8 Å². The van der Waals surface area contributed by atoms with E-state index < -0.39 is 23.5 Å². The van der Waals surface area contributed by atoms with E-state index in [-0.39, 0.29) is 11.3 Å². The molecule has 0 bridgehead atoms. The van der Waals surface area contributed by atoms with E-state index >= 15 is 0 Å². The topological polar surface area (TPSA) is 66.8 Å². The van der Waals surface area contributed by atoms with Crippen LogP contribution in [-0.2, 0) is 9.59 Å². The van der Waals surface area contributed by atoms with Gasteiger partial charge in [0.15, 0.2) is 0 Å². The molecule has 1 saturated heterocycles. The number of ketones is 1. The van der Waals surface area contributed by atoms with E-state index in [4.69, 9.17) is 4.74 Å². The van der Waals surface area contributed by atoms with Crippen LogP contribution >= 0.6 is 0 Å². The number of aryl methyl sites for hydroxylation is 1. The van der Waals surface area contributed by atoms with Gasteiger partial charge in [0.05, 0.1) is 18.2 Å². The SMILES string of the molecule is CCCCCN1C(=O)C(=O)/C(=C(\O)c2ccc(OCC)c(C)c2)C1c1ccc(F)cc1. The number of carbonyl (C=O) groups is 2. The molecule has 1 aliphatic rings. The number of aliphatic hydroxyl groups excluding tert-OH is 1. The average Bonchev–Trinajstić information content (AvgIpc) is 3.00. The molecule has 164 valence electrons. The number of aliphatic hydroxyl groups is 1. The third-order valence-electron chi connectivity index (χ3n) is 5.48. The molecule has 2 aromatic rings. The minimum atomic E-state index is -0.760. The lowest BCUT2D eigenvalue weighted by Gasteiger charge is -2.25. The molecule has 2 aromatic carbocycles. The molecular weight excluding hydrogens is 397 g/mol. The van der Waals surface area contributed by atoms with Gasteiger partial charge in [-0.25, -0.2) is 4.39 Å². The van der Waals surface area contributed by atoms with E-state index in [1.54, 1.807) is 30.3 Å². The van der Waals surface area contributed by atoms with Crippen LogP contribution in [0.5, 0.6) is 5.75 Å². The number of benzene rings is 2. The summed E-state index contributed by atoms with van der Waals surface area (Å²) in [4.78, 5) is 27.3. The molecule has 5 nitrogen and oxygen atoms in total. The molecule has 1 fully saturated rings. The van der Waals surface area contributed by atoms with E-state index in [1.807, 2.05) is 13.8 Å². The molecule has 0 aromatic heterocycles. The number of unbranched alkanes of at least 4 members (excludes halogenated alkanes) is 2. The molecule has 0 spiro atoms. The third kappa shape index (κ3) is 4.63. The fourth-order valence-corrected chi connectivity index (χ4v) is 3.90. The second-order valence-corrected chi connectivity index (χ2v) is 7.66. The number of nitrogens with zero attached hydrogens (tertiary/aromatic N) is 1. The predicted octanol–water partition coefficient (Wildman–Crippen LogP) is 5.14. The zero-order chi connectivity index (χ0) is 22.5. The first kappa shape index (κ1) is 22.5. The van der Waals surface area contributed by atoms with Gasteiger partial charge in [-0.2, -0.15) is 0 Å². The Balaban J connectivity index is 2.10. The number of Topliss-reactive ketones (excluding diaryl/α,β-unsaturated/α-hetero) is 1. The molecule has 1 N–H and O–H groups in total. The van der Waals surface area contributed by atoms with Crippen LogP contribution in [0.2, 0.25) is 0 Å². The van der Waals surface area contributed by atoms with Gasteiger partial charge < -0.3 is 14.7 Å². The summed E-state index contributed by atoms with van der Waals surface area (Å²) in [6.07, 6.45) is 2.62. The molecule has 1 heterocycles. The predicted molar refractivity (Wildman–Crippen MR) is 117 cm³/mol. The highest BCUT2D eigenvalue weighted by Gasteiger charge is 2.45. The maximum absolute atomic E-state index is 13.5. The smallest absolute Gasteiger partial charge is 0.295 e. The van der Waals surface area contributed by atoms with Crippen molar-refractivity contribution < 1.29 is 23.8 Å². The highest BCUT2D eigenvalue weighted by Crippen LogP contribution is 2.40. The van der Waals surface area contributed by atoms with Crippen molar-refractivity contribution in [1.82, 2.24) is 4.90 Å². The number of likely N-dealkylation sites (tertiary alicyclic amines) is 1. The summed E-state index contributed by atoms with van der Waals surface area (Å²) in [5, 5.41) is 11.1. The van der Waals surface area contributed by atoms with Gasteiger partial charge in [-0.3, -0.25) is 9.59 Å². The number of hydrogen-bond acceptors (Lipinski definition) is 4. The fourth-order valence-electron chi connectivity index (χ4n) is 3.90. The molecule has 1 amide bonds. The van der Waals surface area contributed by atoms with Gasteiger partial charge in [-0.1, -0.05) is 31.9 Å². The van der Waals surface area contributed by atoms with E-state index in [0.717, 1.165) is 24.8 Å². The molecular formula is C25H28FNO4. The van der Waals surface area contributed by atoms with Crippen molar-refractivity contribution in [2.75, 3.05) is 13.2 Å². The van der Waals surface area contributed by atoms with Gasteiger partial charge in [0, 0.05) is 12.1 Å². The molecule has 0 saturated carbocycles. The number of hydrogen-bond donors (Lipinski definition) is 1. The highest BCUT2D eigenvalue weighted by atomic mass is 19.1. The summed E-state index contributed by atoms with van der Waals surface area (Å²) in [5.41, 5.74) is 1.85. The number of amides is 1. The Bertz CT molecular complexity index is 997. The van der Waals surface area contributed by atoms with Crippen molar-refractivity contribution in [2.45, 2.75) is 46.1 Å². The summed E-state index contributed by atoms with van der Waals surface area (Å²) >= 11 is 0. The number of rotatable bonds is 8. The van der Waals surface area contributed by atoms with E-state index in [2.05, 4.69) is 6.92 Å². The van der Waals surface area contributed by atoms with Crippen molar-refractivity contribution in [1.29, 1.82) is 0 Å². The summed E-state index contributed by atoms with van der Waals surface area (Å²) in [7, 11) is 0. The van der Waals surface area contributed by atoms with Gasteiger partial charge in [0.25, 0.3) is 11.7 Å². The molecule has 0 aliphatic carbocycles. The van der Waals surface area contributed by atoms with Crippen molar-refractivity contribution in [3.05, 3.63) is 70.5 Å². The van der Waals surface area contributed by atoms with Crippen molar-refractivity contribution >= 4 is 17.4 Å². The maximum atomic E-state index is 13.5. The number of carbonyl (C=O) groups excluding carboxylic acids is 2. The normalized spacial score (nSPS) is 17.9. The molecule has 3 rings (SSSR count). The molecule has 1 aliphatic heterocycles. The number of halogens is 1. The zero-order valence-electron chi connectivity index (χ0n) is 18.2. The Morgan fingerprint density at radius 1 is 1.10 bits per heavy atom. The first-order valence-electron chi connectivity index (χ1n) is 10.7. The van der Waals surface area contributed by atoms with Crippen LogP contribution in [0.4, 0.5) is 4.39 Å². The number of ether oxygens (including phenoxy) is 1. The van der Waals surface area contributed by atoms with E-state index in [0.29, 0.717) is 30.0 Å². The van der Waals surface area contributed by atoms with Crippen LogP contribution in [0.15, 0.2) is 48.0 Å². The summed E-state index contributed by atoms with van der Waals surface area (Å²) < 4.78 is 19.1. The van der Waals surface area contributed by atoms with Crippen LogP contribution in [0.25, 0.3) is 5.76 Å². The second-order valence-electron chi connectivity index (χ2n) is 7.66. The van der Waals surface area contributed by atoms with Gasteiger partial charge in [0.1, 0.15) is 17.3 Å². The molecule has 31 heavy (non-hydrogen) atoms. The first-order valence-corrected chi connectivity index (χ1v) is 10.7. The third-order valence-corrected chi connectivity index (χ3v) is 5.48. The Labute approximate surface area is 182 Å². The van der Waals surface area contributed by atoms with Crippen molar-refractivity contribution in [2.24, 2.45) is 0 Å². The fraction of sp³-hybridized carbons (Fsp3) is 0.360. The largest absolute Gasteiger partial charge is 0.507 e. The monoisotopic (exact) mass is 425 g/mol. The van der Waals surface area contributed by atoms with Crippen LogP contribution in [0.1, 0.15) is 55.8 Å². The Morgan fingerprint density at radius 3 is 2.42 bits per heavy atom. The van der Waals surface area contributed by atoms with Crippen LogP contribution in [0.3, 0.4) is 0 Å². The molecule has 6 heteroatoms. The first-order chi connectivity index (χ1) is 14.9. The van der Waals surface area contributed by atoms with Crippen LogP contribution < -0.4 is 4.74 Å². The summed E-state index contributed by atoms with van der Waals surface area (Å²) in [6.45, 7) is 6.69. The lowest BCUT2D eigenvalue weighted by atomic mass is 9.94. The highest BCUT2D eigenvalue weighted by molar-refractivity contribution is 6.46. The second kappa shape index (κ2) is 9.77. The minimum Gasteiger partial charge on any atom is -0.507 e. The van der Waals surface area contributed by atoms with Crippen molar-refractivity contribution in [3.63, 3.8) is 0 Å². The average molecular weight is 426 g/mol. The summed E-state index contributed by atoms with van der Waals surface area (Å²) in [6, 6.07) is 10.1. The van der Waals surface area contributed by atoms with Crippen LogP contribution in [0, 0.1) is 12.7 Å². The lowest BCUT2D eigenvalue weighted by molar-refractivity contribution is -0.139. The van der Waals surface area contributed by atoms with Gasteiger partial charge in [-0.15, -0.1) is 0 Å². The maximum Gasteiger partial charge on any atom is 0.295 e. The lowest BCUT2D eigenvalue weighted by Crippen LogP contribution is -2.30. The van der Waals surface area contributed by atoms with Gasteiger partial charge >= 0.3 is 0 Å². The molecule has 0 radical (unpaired) electrons. The van der Waals surface area contributed by atoms with Crippen molar-refractivity contribution in [3.8, 4) is 5.75 Å². The van der Waals surface area contributed by atoms with Gasteiger partial charge in [0.2, 0.25) is 0 Å². The molecule has 1 unspecified atom stereocenters. The minimum absolute atomic E-state index is 0.0247. The van der Waals surface area contributed by atoms with Gasteiger partial charge in [-0.05, 0) is 61.7 Å². The Morgan fingerprint density at radius 2 is 1.81 bits per heavy atom. The van der Waals surface area contributed by atoms with E-state index in [1.165, 1.54) is 17.0 Å².